The van der Waals surface area contributed by atoms with Gasteiger partial charge in [-0.05, 0) is 25.0 Å². The van der Waals surface area contributed by atoms with E-state index in [1.807, 2.05) is 18.2 Å². The monoisotopic (exact) mass is 261 g/mol. The lowest BCUT2D eigenvalue weighted by Gasteiger charge is -2.16. The molecule has 0 saturated heterocycles. The minimum atomic E-state index is 0.00579. The summed E-state index contributed by atoms with van der Waals surface area (Å²) in [5, 5.41) is 3.09. The molecule has 3 nitrogen and oxygen atoms in total. The van der Waals surface area contributed by atoms with Crippen LogP contribution in [0.25, 0.3) is 0 Å². The summed E-state index contributed by atoms with van der Waals surface area (Å²) in [6, 6.07) is 6.05. The van der Waals surface area contributed by atoms with Gasteiger partial charge < -0.3 is 10.1 Å². The highest BCUT2D eigenvalue weighted by Crippen LogP contribution is 2.34. The van der Waals surface area contributed by atoms with E-state index in [9.17, 15) is 4.79 Å². The molecule has 0 saturated carbocycles. The van der Waals surface area contributed by atoms with Gasteiger partial charge in [-0.2, -0.15) is 0 Å². The van der Waals surface area contributed by atoms with Crippen molar-refractivity contribution >= 4 is 5.91 Å². The number of hydrogen-bond acceptors (Lipinski definition) is 2. The Morgan fingerprint density at radius 2 is 2.26 bits per heavy atom. The number of hydrogen-bond donors (Lipinski definition) is 1. The van der Waals surface area contributed by atoms with Gasteiger partial charge in [0.25, 0.3) is 5.91 Å². The van der Waals surface area contributed by atoms with Crippen LogP contribution in [-0.4, -0.2) is 18.6 Å². The van der Waals surface area contributed by atoms with Crippen molar-refractivity contribution in [2.45, 2.75) is 52.0 Å². The molecule has 0 fully saturated rings. The average molecular weight is 261 g/mol. The molecule has 1 aliphatic rings. The van der Waals surface area contributed by atoms with Crippen LogP contribution in [0.2, 0.25) is 0 Å². The molecule has 2 unspecified atom stereocenters. The SMILES string of the molecule is CCCC(CC)NC(=O)c1ccc2c(c1)OCC2C. The van der Waals surface area contributed by atoms with Gasteiger partial charge in [-0.15, -0.1) is 0 Å². The van der Waals surface area contributed by atoms with Crippen molar-refractivity contribution in [3.8, 4) is 5.75 Å². The highest BCUT2D eigenvalue weighted by atomic mass is 16.5. The average Bonchev–Trinajstić information content (AvgIpc) is 2.79. The maximum Gasteiger partial charge on any atom is 0.251 e. The third kappa shape index (κ3) is 3.09. The molecule has 3 heteroatoms. The van der Waals surface area contributed by atoms with Gasteiger partial charge in [0.15, 0.2) is 0 Å². The van der Waals surface area contributed by atoms with E-state index in [-0.39, 0.29) is 11.9 Å². The summed E-state index contributed by atoms with van der Waals surface area (Å²) in [4.78, 5) is 12.2. The first-order valence-electron chi connectivity index (χ1n) is 7.23. The minimum absolute atomic E-state index is 0.00579. The van der Waals surface area contributed by atoms with Crippen LogP contribution in [0.3, 0.4) is 0 Å². The number of nitrogens with one attached hydrogen (secondary N) is 1. The van der Waals surface area contributed by atoms with E-state index in [1.165, 1.54) is 5.56 Å². The normalized spacial score (nSPS) is 18.6. The molecular formula is C16H23NO2. The number of carbonyl (C=O) groups is 1. The van der Waals surface area contributed by atoms with Crippen LogP contribution < -0.4 is 10.1 Å². The van der Waals surface area contributed by atoms with Crippen molar-refractivity contribution in [3.05, 3.63) is 29.3 Å². The van der Waals surface area contributed by atoms with Crippen LogP contribution in [0.1, 0.15) is 61.9 Å². The maximum absolute atomic E-state index is 12.2. The summed E-state index contributed by atoms with van der Waals surface area (Å²) in [5.41, 5.74) is 1.90. The largest absolute Gasteiger partial charge is 0.493 e. The summed E-state index contributed by atoms with van der Waals surface area (Å²) in [6.45, 7) is 7.10. The smallest absolute Gasteiger partial charge is 0.251 e. The molecule has 1 aromatic rings. The van der Waals surface area contributed by atoms with Gasteiger partial charge in [0, 0.05) is 23.1 Å². The molecule has 1 aromatic carbocycles. The Morgan fingerprint density at radius 3 is 2.95 bits per heavy atom. The molecule has 2 atom stereocenters. The zero-order valence-corrected chi connectivity index (χ0v) is 12.0. The van der Waals surface area contributed by atoms with Gasteiger partial charge in [-0.1, -0.05) is 33.3 Å². The van der Waals surface area contributed by atoms with E-state index in [1.54, 1.807) is 0 Å². The summed E-state index contributed by atoms with van der Waals surface area (Å²) < 4.78 is 5.60. The summed E-state index contributed by atoms with van der Waals surface area (Å²) in [5.74, 6) is 1.30. The van der Waals surface area contributed by atoms with Crippen LogP contribution in [0.15, 0.2) is 18.2 Å². The van der Waals surface area contributed by atoms with Crippen LogP contribution >= 0.6 is 0 Å². The van der Waals surface area contributed by atoms with Crippen molar-refractivity contribution in [2.24, 2.45) is 0 Å². The number of ether oxygens (including phenoxy) is 1. The van der Waals surface area contributed by atoms with E-state index in [0.29, 0.717) is 18.1 Å². The van der Waals surface area contributed by atoms with Crippen molar-refractivity contribution in [1.82, 2.24) is 5.32 Å². The first-order valence-corrected chi connectivity index (χ1v) is 7.23. The zero-order valence-electron chi connectivity index (χ0n) is 12.0. The van der Waals surface area contributed by atoms with Crippen LogP contribution in [0.4, 0.5) is 0 Å². The summed E-state index contributed by atoms with van der Waals surface area (Å²) >= 11 is 0. The number of carbonyl (C=O) groups excluding carboxylic acids is 1. The van der Waals surface area contributed by atoms with E-state index in [4.69, 9.17) is 4.74 Å². The standard InChI is InChI=1S/C16H23NO2/c1-4-6-13(5-2)17-16(18)12-7-8-14-11(3)10-19-15(14)9-12/h7-9,11,13H,4-6,10H2,1-3H3,(H,17,18). The lowest BCUT2D eigenvalue weighted by Crippen LogP contribution is -2.34. The van der Waals surface area contributed by atoms with Crippen LogP contribution in [0.5, 0.6) is 5.75 Å². The fourth-order valence-electron chi connectivity index (χ4n) is 2.51. The van der Waals surface area contributed by atoms with Crippen LogP contribution in [-0.2, 0) is 0 Å². The maximum atomic E-state index is 12.2. The molecule has 1 N–H and O–H groups in total. The fourth-order valence-corrected chi connectivity index (χ4v) is 2.51. The quantitative estimate of drug-likeness (QED) is 0.881. The molecule has 0 spiro atoms. The Hall–Kier alpha value is -1.51. The predicted octanol–water partition coefficient (Wildman–Crippen LogP) is 3.49. The minimum Gasteiger partial charge on any atom is -0.493 e. The van der Waals surface area contributed by atoms with Gasteiger partial charge in [0.1, 0.15) is 5.75 Å². The van der Waals surface area contributed by atoms with E-state index < -0.39 is 0 Å². The molecule has 0 radical (unpaired) electrons. The number of amides is 1. The molecule has 104 valence electrons. The predicted molar refractivity (Wildman–Crippen MR) is 76.8 cm³/mol. The van der Waals surface area contributed by atoms with E-state index in [2.05, 4.69) is 26.1 Å². The van der Waals surface area contributed by atoms with E-state index >= 15 is 0 Å². The lowest BCUT2D eigenvalue weighted by atomic mass is 10.0. The summed E-state index contributed by atoms with van der Waals surface area (Å²) in [7, 11) is 0. The fraction of sp³-hybridized carbons (Fsp3) is 0.562. The highest BCUT2D eigenvalue weighted by Gasteiger charge is 2.21. The Kier molecular flexibility index (Phi) is 4.46. The molecule has 2 rings (SSSR count). The Bertz CT molecular complexity index is 456. The molecule has 0 aromatic heterocycles. The second kappa shape index (κ2) is 6.09. The van der Waals surface area contributed by atoms with Gasteiger partial charge in [0.05, 0.1) is 6.61 Å². The summed E-state index contributed by atoms with van der Waals surface area (Å²) in [6.07, 6.45) is 3.09. The Balaban J connectivity index is 2.08. The molecule has 1 heterocycles. The van der Waals surface area contributed by atoms with E-state index in [0.717, 1.165) is 25.0 Å². The first kappa shape index (κ1) is 13.9. The molecule has 1 amide bonds. The highest BCUT2D eigenvalue weighted by molar-refractivity contribution is 5.95. The first-order chi connectivity index (χ1) is 9.15. The van der Waals surface area contributed by atoms with Crippen molar-refractivity contribution in [3.63, 3.8) is 0 Å². The number of fused-ring (bicyclic) bond motifs is 1. The van der Waals surface area contributed by atoms with Crippen LogP contribution in [0, 0.1) is 0 Å². The third-order valence-corrected chi connectivity index (χ3v) is 3.76. The molecular weight excluding hydrogens is 238 g/mol. The second-order valence-corrected chi connectivity index (χ2v) is 5.33. The molecule has 0 aliphatic carbocycles. The Morgan fingerprint density at radius 1 is 1.47 bits per heavy atom. The molecule has 1 aliphatic heterocycles. The lowest BCUT2D eigenvalue weighted by molar-refractivity contribution is 0.0933. The van der Waals surface area contributed by atoms with Gasteiger partial charge in [0.2, 0.25) is 0 Å². The number of rotatable bonds is 5. The topological polar surface area (TPSA) is 38.3 Å². The van der Waals surface area contributed by atoms with Crippen molar-refractivity contribution in [1.29, 1.82) is 0 Å². The Labute approximate surface area is 115 Å². The van der Waals surface area contributed by atoms with Crippen molar-refractivity contribution < 1.29 is 9.53 Å². The van der Waals surface area contributed by atoms with Gasteiger partial charge in [-0.3, -0.25) is 4.79 Å². The number of benzene rings is 1. The second-order valence-electron chi connectivity index (χ2n) is 5.33. The molecule has 19 heavy (non-hydrogen) atoms. The van der Waals surface area contributed by atoms with Gasteiger partial charge in [-0.25, -0.2) is 0 Å². The van der Waals surface area contributed by atoms with Gasteiger partial charge >= 0.3 is 0 Å². The zero-order chi connectivity index (χ0) is 13.8. The van der Waals surface area contributed by atoms with Crippen molar-refractivity contribution in [2.75, 3.05) is 6.61 Å². The molecule has 0 bridgehead atoms. The third-order valence-electron chi connectivity index (χ3n) is 3.76.